The molecule has 4 nitrogen and oxygen atoms in total. The highest BCUT2D eigenvalue weighted by atomic mass is 32.1. The van der Waals surface area contributed by atoms with Crippen molar-refractivity contribution in [3.63, 3.8) is 0 Å². The van der Waals surface area contributed by atoms with Crippen LogP contribution in [0.2, 0.25) is 0 Å². The predicted molar refractivity (Wildman–Crippen MR) is 115 cm³/mol. The molecule has 1 aromatic heterocycles. The number of amides is 1. The Kier molecular flexibility index (Phi) is 6.60. The molecule has 1 aliphatic carbocycles. The molecule has 1 N–H and O–H groups in total. The summed E-state index contributed by atoms with van der Waals surface area (Å²) in [4.78, 5) is 19.9. The molecule has 0 bridgehead atoms. The van der Waals surface area contributed by atoms with Crippen LogP contribution in [0.4, 0.5) is 4.39 Å². The lowest BCUT2D eigenvalue weighted by Gasteiger charge is -2.48. The van der Waals surface area contributed by atoms with Crippen LogP contribution in [0, 0.1) is 5.82 Å². The lowest BCUT2D eigenvalue weighted by molar-refractivity contribution is -0.121. The van der Waals surface area contributed by atoms with E-state index in [1.165, 1.54) is 87.9 Å². The van der Waals surface area contributed by atoms with Crippen LogP contribution < -0.4 is 5.32 Å². The summed E-state index contributed by atoms with van der Waals surface area (Å²) in [6.07, 6.45) is 10.4. The van der Waals surface area contributed by atoms with Crippen LogP contribution in [-0.2, 0) is 11.2 Å². The maximum Gasteiger partial charge on any atom is 0.226 e. The average Bonchev–Trinajstić information content (AvgIpc) is 3.22. The third-order valence-electron chi connectivity index (χ3n) is 6.39. The average molecular weight is 416 g/mol. The molecule has 1 amide bonds. The number of hydrogen-bond acceptors (Lipinski definition) is 4. The molecule has 1 aliphatic heterocycles. The van der Waals surface area contributed by atoms with E-state index in [-0.39, 0.29) is 23.7 Å². The van der Waals surface area contributed by atoms with Gasteiger partial charge in [-0.05, 0) is 50.9 Å². The smallest absolute Gasteiger partial charge is 0.226 e. The Hall–Kier alpha value is -1.79. The van der Waals surface area contributed by atoms with E-state index in [4.69, 9.17) is 0 Å². The molecule has 29 heavy (non-hydrogen) atoms. The number of thiazole rings is 1. The number of benzene rings is 1. The van der Waals surface area contributed by atoms with Gasteiger partial charge in [-0.2, -0.15) is 0 Å². The maximum atomic E-state index is 13.4. The van der Waals surface area contributed by atoms with Gasteiger partial charge in [0.15, 0.2) is 0 Å². The number of halogens is 1. The van der Waals surface area contributed by atoms with E-state index in [1.54, 1.807) is 6.07 Å². The van der Waals surface area contributed by atoms with Gasteiger partial charge >= 0.3 is 0 Å². The number of carbonyl (C=O) groups is 1. The molecule has 0 unspecified atom stereocenters. The molecule has 2 heterocycles. The standard InChI is InChI=1S/C23H30FN3OS/c24-19-9-7-8-18(14-19)22-26-20(16-29-22)15-21(28)25-17-23(10-3-1-4-11-23)27-12-5-2-6-13-27/h7-9,14,16H,1-6,10-13,15,17H2,(H,25,28). The summed E-state index contributed by atoms with van der Waals surface area (Å²) < 4.78 is 13.4. The van der Waals surface area contributed by atoms with E-state index >= 15 is 0 Å². The van der Waals surface area contributed by atoms with Gasteiger partial charge in [0.2, 0.25) is 5.91 Å². The van der Waals surface area contributed by atoms with Crippen LogP contribution >= 0.6 is 11.3 Å². The highest BCUT2D eigenvalue weighted by molar-refractivity contribution is 7.13. The number of nitrogens with zero attached hydrogens (tertiary/aromatic N) is 2. The lowest BCUT2D eigenvalue weighted by atomic mass is 9.79. The fourth-order valence-corrected chi connectivity index (χ4v) is 5.63. The zero-order chi connectivity index (χ0) is 20.1. The minimum atomic E-state index is -0.271. The van der Waals surface area contributed by atoms with Gasteiger partial charge in [0.05, 0.1) is 12.1 Å². The Morgan fingerprint density at radius 3 is 2.66 bits per heavy atom. The van der Waals surface area contributed by atoms with Crippen molar-refractivity contribution in [2.24, 2.45) is 0 Å². The Morgan fingerprint density at radius 1 is 1.14 bits per heavy atom. The van der Waals surface area contributed by atoms with E-state index in [0.717, 1.165) is 22.8 Å². The predicted octanol–water partition coefficient (Wildman–Crippen LogP) is 4.80. The van der Waals surface area contributed by atoms with E-state index < -0.39 is 0 Å². The van der Waals surface area contributed by atoms with Gasteiger partial charge in [0.25, 0.3) is 0 Å². The van der Waals surface area contributed by atoms with Gasteiger partial charge in [-0.1, -0.05) is 37.8 Å². The van der Waals surface area contributed by atoms with Crippen molar-refractivity contribution in [1.29, 1.82) is 0 Å². The van der Waals surface area contributed by atoms with Crippen molar-refractivity contribution in [3.8, 4) is 10.6 Å². The van der Waals surface area contributed by atoms with Crippen LogP contribution in [0.5, 0.6) is 0 Å². The Labute approximate surface area is 176 Å². The van der Waals surface area contributed by atoms with Crippen LogP contribution in [0.25, 0.3) is 10.6 Å². The van der Waals surface area contributed by atoms with Gasteiger partial charge in [0, 0.05) is 23.0 Å². The quantitative estimate of drug-likeness (QED) is 0.737. The first kappa shape index (κ1) is 20.5. The molecular formula is C23H30FN3OS. The van der Waals surface area contributed by atoms with Crippen molar-refractivity contribution >= 4 is 17.2 Å². The van der Waals surface area contributed by atoms with Crippen molar-refractivity contribution in [2.75, 3.05) is 19.6 Å². The molecular weight excluding hydrogens is 385 g/mol. The summed E-state index contributed by atoms with van der Waals surface area (Å²) in [6.45, 7) is 3.07. The normalized spacial score (nSPS) is 19.8. The third kappa shape index (κ3) is 5.04. The second kappa shape index (κ2) is 9.35. The summed E-state index contributed by atoms with van der Waals surface area (Å²) >= 11 is 1.46. The third-order valence-corrected chi connectivity index (χ3v) is 7.33. The first-order valence-corrected chi connectivity index (χ1v) is 11.7. The summed E-state index contributed by atoms with van der Waals surface area (Å²) in [7, 11) is 0. The van der Waals surface area contributed by atoms with Crippen LogP contribution in [0.3, 0.4) is 0 Å². The van der Waals surface area contributed by atoms with Crippen LogP contribution in [0.15, 0.2) is 29.6 Å². The second-order valence-corrected chi connectivity index (χ2v) is 9.30. The van der Waals surface area contributed by atoms with Gasteiger partial charge in [0.1, 0.15) is 10.8 Å². The Morgan fingerprint density at radius 2 is 1.90 bits per heavy atom. The molecule has 1 aromatic carbocycles. The zero-order valence-corrected chi connectivity index (χ0v) is 17.8. The van der Waals surface area contributed by atoms with Crippen LogP contribution in [0.1, 0.15) is 57.1 Å². The molecule has 0 atom stereocenters. The van der Waals surface area contributed by atoms with Crippen LogP contribution in [-0.4, -0.2) is 41.0 Å². The van der Waals surface area contributed by atoms with Crippen molar-refractivity contribution in [2.45, 2.75) is 63.3 Å². The monoisotopic (exact) mass is 415 g/mol. The molecule has 0 spiro atoms. The van der Waals surface area contributed by atoms with Gasteiger partial charge in [-0.25, -0.2) is 9.37 Å². The minimum Gasteiger partial charge on any atom is -0.354 e. The van der Waals surface area contributed by atoms with Gasteiger partial charge in [-0.15, -0.1) is 11.3 Å². The first-order valence-electron chi connectivity index (χ1n) is 10.9. The van der Waals surface area contributed by atoms with Gasteiger partial charge < -0.3 is 5.32 Å². The number of nitrogens with one attached hydrogen (secondary N) is 1. The topological polar surface area (TPSA) is 45.2 Å². The number of rotatable bonds is 6. The largest absolute Gasteiger partial charge is 0.354 e. The van der Waals surface area contributed by atoms with Crippen molar-refractivity contribution < 1.29 is 9.18 Å². The number of likely N-dealkylation sites (tertiary alicyclic amines) is 1. The molecule has 2 aliphatic rings. The Balaban J connectivity index is 1.36. The summed E-state index contributed by atoms with van der Waals surface area (Å²) in [5.74, 6) is -0.240. The zero-order valence-electron chi connectivity index (χ0n) is 17.0. The molecule has 1 saturated heterocycles. The minimum absolute atomic E-state index is 0.0306. The SMILES string of the molecule is O=C(Cc1csc(-c2cccc(F)c2)n1)NCC1(N2CCCCC2)CCCCC1. The maximum absolute atomic E-state index is 13.4. The molecule has 156 valence electrons. The fraction of sp³-hybridized carbons (Fsp3) is 0.565. The molecule has 6 heteroatoms. The van der Waals surface area contributed by atoms with E-state index in [9.17, 15) is 9.18 Å². The fourth-order valence-electron chi connectivity index (χ4n) is 4.82. The van der Waals surface area contributed by atoms with E-state index in [2.05, 4.69) is 15.2 Å². The van der Waals surface area contributed by atoms with E-state index in [0.29, 0.717) is 0 Å². The number of aromatic nitrogens is 1. The number of carbonyl (C=O) groups excluding carboxylic acids is 1. The molecule has 2 aromatic rings. The van der Waals surface area contributed by atoms with Gasteiger partial charge in [-0.3, -0.25) is 9.69 Å². The highest BCUT2D eigenvalue weighted by Gasteiger charge is 2.38. The molecule has 0 radical (unpaired) electrons. The molecule has 2 fully saturated rings. The number of piperidine rings is 1. The van der Waals surface area contributed by atoms with Crippen molar-refractivity contribution in [3.05, 3.63) is 41.2 Å². The second-order valence-electron chi connectivity index (χ2n) is 8.44. The summed E-state index contributed by atoms with van der Waals surface area (Å²) in [5, 5.41) is 5.88. The van der Waals surface area contributed by atoms with E-state index in [1.807, 2.05) is 11.4 Å². The van der Waals surface area contributed by atoms with Crippen molar-refractivity contribution in [1.82, 2.24) is 15.2 Å². The first-order chi connectivity index (χ1) is 14.1. The molecule has 4 rings (SSSR count). The number of hydrogen-bond donors (Lipinski definition) is 1. The lowest BCUT2D eigenvalue weighted by Crippen LogP contribution is -2.58. The highest BCUT2D eigenvalue weighted by Crippen LogP contribution is 2.35. The summed E-state index contributed by atoms with van der Waals surface area (Å²) in [6, 6.07) is 6.43. The summed E-state index contributed by atoms with van der Waals surface area (Å²) in [5.41, 5.74) is 1.65. The molecule has 1 saturated carbocycles. The Bertz CT molecular complexity index is 825.